The standard InChI is InChI=1S/C19H21NO3/c1-19(2)11-13-10-12(14-6-4-5-7-16(14)22-3)8-9-15(13)17(19)23-18(20)21/h4-10,17H,11H2,1-3H3,(H2,20,21). The Hall–Kier alpha value is -2.49. The molecule has 0 bridgehead atoms. The number of hydrogen-bond donors (Lipinski definition) is 1. The molecule has 0 heterocycles. The summed E-state index contributed by atoms with van der Waals surface area (Å²) in [5.74, 6) is 0.842. The number of primary amides is 1. The van der Waals surface area contributed by atoms with Crippen molar-refractivity contribution in [3.05, 3.63) is 53.6 Å². The van der Waals surface area contributed by atoms with Crippen LogP contribution in [0.5, 0.6) is 5.75 Å². The normalized spacial score (nSPS) is 18.3. The Bertz CT molecular complexity index is 752. The van der Waals surface area contributed by atoms with Gasteiger partial charge in [-0.3, -0.25) is 0 Å². The molecule has 2 aromatic carbocycles. The molecule has 0 aromatic heterocycles. The Morgan fingerprint density at radius 1 is 1.22 bits per heavy atom. The number of nitrogens with two attached hydrogens (primary N) is 1. The summed E-state index contributed by atoms with van der Waals surface area (Å²) in [4.78, 5) is 11.2. The first-order chi connectivity index (χ1) is 10.9. The van der Waals surface area contributed by atoms with Crippen molar-refractivity contribution < 1.29 is 14.3 Å². The number of carbonyl (C=O) groups is 1. The van der Waals surface area contributed by atoms with Crippen molar-refractivity contribution in [3.63, 3.8) is 0 Å². The summed E-state index contributed by atoms with van der Waals surface area (Å²) in [6.07, 6.45) is -0.199. The summed E-state index contributed by atoms with van der Waals surface area (Å²) >= 11 is 0. The maximum atomic E-state index is 11.2. The highest BCUT2D eigenvalue weighted by atomic mass is 16.6. The van der Waals surface area contributed by atoms with Crippen LogP contribution in [0.3, 0.4) is 0 Å². The lowest BCUT2D eigenvalue weighted by molar-refractivity contribution is 0.0392. The molecule has 3 rings (SSSR count). The molecule has 2 aromatic rings. The quantitative estimate of drug-likeness (QED) is 0.929. The van der Waals surface area contributed by atoms with Gasteiger partial charge in [0.25, 0.3) is 0 Å². The van der Waals surface area contributed by atoms with Crippen LogP contribution in [0, 0.1) is 5.41 Å². The number of hydrogen-bond acceptors (Lipinski definition) is 3. The van der Waals surface area contributed by atoms with Crippen LogP contribution in [-0.2, 0) is 11.2 Å². The number of amides is 1. The van der Waals surface area contributed by atoms with Crippen LogP contribution in [0.25, 0.3) is 11.1 Å². The highest BCUT2D eigenvalue weighted by molar-refractivity contribution is 5.72. The largest absolute Gasteiger partial charge is 0.496 e. The van der Waals surface area contributed by atoms with Gasteiger partial charge >= 0.3 is 6.09 Å². The van der Waals surface area contributed by atoms with E-state index in [1.807, 2.05) is 36.4 Å². The predicted octanol–water partition coefficient (Wildman–Crippen LogP) is 4.08. The number of rotatable bonds is 3. The molecule has 4 nitrogen and oxygen atoms in total. The summed E-state index contributed by atoms with van der Waals surface area (Å²) in [6, 6.07) is 14.2. The number of carbonyl (C=O) groups excluding carboxylic acids is 1. The molecular weight excluding hydrogens is 290 g/mol. The number of para-hydroxylation sites is 1. The monoisotopic (exact) mass is 311 g/mol. The molecule has 1 aliphatic carbocycles. The van der Waals surface area contributed by atoms with Gasteiger partial charge < -0.3 is 15.2 Å². The molecule has 0 saturated carbocycles. The van der Waals surface area contributed by atoms with Gasteiger partial charge in [-0.05, 0) is 29.2 Å². The van der Waals surface area contributed by atoms with E-state index in [9.17, 15) is 4.79 Å². The molecule has 0 saturated heterocycles. The van der Waals surface area contributed by atoms with Gasteiger partial charge in [-0.15, -0.1) is 0 Å². The van der Waals surface area contributed by atoms with Crippen LogP contribution in [-0.4, -0.2) is 13.2 Å². The van der Waals surface area contributed by atoms with Gasteiger partial charge in [0.1, 0.15) is 11.9 Å². The predicted molar refractivity (Wildman–Crippen MR) is 89.3 cm³/mol. The molecule has 1 amide bonds. The third-order valence-electron chi connectivity index (χ3n) is 4.43. The first-order valence-electron chi connectivity index (χ1n) is 7.64. The number of fused-ring (bicyclic) bond motifs is 1. The van der Waals surface area contributed by atoms with Crippen LogP contribution in [0.4, 0.5) is 4.79 Å². The zero-order valence-electron chi connectivity index (χ0n) is 13.6. The molecule has 4 heteroatoms. The Morgan fingerprint density at radius 3 is 2.65 bits per heavy atom. The molecular formula is C19H21NO3. The van der Waals surface area contributed by atoms with Gasteiger partial charge in [0, 0.05) is 11.0 Å². The minimum absolute atomic E-state index is 0.170. The van der Waals surface area contributed by atoms with Crippen LogP contribution in [0.15, 0.2) is 42.5 Å². The molecule has 0 aliphatic heterocycles. The zero-order chi connectivity index (χ0) is 16.6. The van der Waals surface area contributed by atoms with E-state index < -0.39 is 6.09 Å². The lowest BCUT2D eigenvalue weighted by Gasteiger charge is -2.26. The van der Waals surface area contributed by atoms with Crippen LogP contribution in [0.1, 0.15) is 31.1 Å². The number of benzene rings is 2. The van der Waals surface area contributed by atoms with Crippen LogP contribution < -0.4 is 10.5 Å². The average molecular weight is 311 g/mol. The van der Waals surface area contributed by atoms with Gasteiger partial charge in [-0.1, -0.05) is 50.2 Å². The van der Waals surface area contributed by atoms with E-state index in [4.69, 9.17) is 15.2 Å². The van der Waals surface area contributed by atoms with Gasteiger partial charge in [0.15, 0.2) is 0 Å². The second-order valence-electron chi connectivity index (χ2n) is 6.60. The summed E-state index contributed by atoms with van der Waals surface area (Å²) in [6.45, 7) is 4.17. The van der Waals surface area contributed by atoms with E-state index in [-0.39, 0.29) is 11.5 Å². The molecule has 1 aliphatic rings. The number of methoxy groups -OCH3 is 1. The van der Waals surface area contributed by atoms with E-state index in [0.717, 1.165) is 28.9 Å². The Balaban J connectivity index is 2.03. The second kappa shape index (κ2) is 5.61. The summed E-state index contributed by atoms with van der Waals surface area (Å²) < 4.78 is 10.8. The van der Waals surface area contributed by atoms with Crippen molar-refractivity contribution >= 4 is 6.09 Å². The van der Waals surface area contributed by atoms with E-state index in [0.29, 0.717) is 0 Å². The van der Waals surface area contributed by atoms with E-state index in [1.165, 1.54) is 5.56 Å². The van der Waals surface area contributed by atoms with Gasteiger partial charge in [0.2, 0.25) is 0 Å². The lowest BCUT2D eigenvalue weighted by atomic mass is 9.87. The zero-order valence-corrected chi connectivity index (χ0v) is 13.6. The van der Waals surface area contributed by atoms with Crippen molar-refractivity contribution in [1.82, 2.24) is 0 Å². The van der Waals surface area contributed by atoms with E-state index in [2.05, 4.69) is 19.9 Å². The van der Waals surface area contributed by atoms with E-state index >= 15 is 0 Å². The maximum absolute atomic E-state index is 11.2. The third kappa shape index (κ3) is 2.77. The fourth-order valence-corrected chi connectivity index (χ4v) is 3.41. The topological polar surface area (TPSA) is 61.6 Å². The summed E-state index contributed by atoms with van der Waals surface area (Å²) in [7, 11) is 1.67. The van der Waals surface area contributed by atoms with Crippen molar-refractivity contribution in [2.45, 2.75) is 26.4 Å². The lowest BCUT2D eigenvalue weighted by Crippen LogP contribution is -2.25. The van der Waals surface area contributed by atoms with Gasteiger partial charge in [-0.2, -0.15) is 0 Å². The molecule has 1 atom stereocenters. The highest BCUT2D eigenvalue weighted by Gasteiger charge is 2.41. The smallest absolute Gasteiger partial charge is 0.405 e. The minimum Gasteiger partial charge on any atom is -0.496 e. The summed E-state index contributed by atoms with van der Waals surface area (Å²) in [5, 5.41) is 0. The molecule has 0 radical (unpaired) electrons. The first-order valence-corrected chi connectivity index (χ1v) is 7.64. The minimum atomic E-state index is -0.732. The maximum Gasteiger partial charge on any atom is 0.405 e. The fourth-order valence-electron chi connectivity index (χ4n) is 3.41. The van der Waals surface area contributed by atoms with Crippen molar-refractivity contribution in [2.75, 3.05) is 7.11 Å². The summed E-state index contributed by atoms with van der Waals surface area (Å²) in [5.41, 5.74) is 9.43. The average Bonchev–Trinajstić information content (AvgIpc) is 2.76. The molecule has 1 unspecified atom stereocenters. The molecule has 23 heavy (non-hydrogen) atoms. The molecule has 0 spiro atoms. The van der Waals surface area contributed by atoms with Crippen molar-refractivity contribution in [3.8, 4) is 16.9 Å². The van der Waals surface area contributed by atoms with Gasteiger partial charge in [-0.25, -0.2) is 4.79 Å². The Labute approximate surface area is 136 Å². The Morgan fingerprint density at radius 2 is 1.96 bits per heavy atom. The second-order valence-corrected chi connectivity index (χ2v) is 6.60. The molecule has 0 fully saturated rings. The Kier molecular flexibility index (Phi) is 3.76. The first kappa shape index (κ1) is 15.4. The molecule has 2 N–H and O–H groups in total. The van der Waals surface area contributed by atoms with Crippen molar-refractivity contribution in [2.24, 2.45) is 11.1 Å². The van der Waals surface area contributed by atoms with Gasteiger partial charge in [0.05, 0.1) is 7.11 Å². The fraction of sp³-hybridized carbons (Fsp3) is 0.316. The highest BCUT2D eigenvalue weighted by Crippen LogP contribution is 2.48. The number of ether oxygens (including phenoxy) is 2. The molecule has 120 valence electrons. The van der Waals surface area contributed by atoms with Crippen molar-refractivity contribution in [1.29, 1.82) is 0 Å². The van der Waals surface area contributed by atoms with Crippen LogP contribution >= 0.6 is 0 Å². The third-order valence-corrected chi connectivity index (χ3v) is 4.43. The van der Waals surface area contributed by atoms with Crippen LogP contribution in [0.2, 0.25) is 0 Å². The SMILES string of the molecule is COc1ccccc1-c1ccc2c(c1)CC(C)(C)C2OC(N)=O. The van der Waals surface area contributed by atoms with E-state index in [1.54, 1.807) is 7.11 Å².